The highest BCUT2D eigenvalue weighted by Gasteiger charge is 2.16. The van der Waals surface area contributed by atoms with Gasteiger partial charge in [0.05, 0.1) is 0 Å². The Morgan fingerprint density at radius 2 is 1.79 bits per heavy atom. The molecule has 6 heteroatoms. The number of carbonyl (C=O) groups is 1. The molecular weight excluding hydrogens is 374 g/mol. The molecule has 0 atom stereocenters. The van der Waals surface area contributed by atoms with Gasteiger partial charge in [-0.15, -0.1) is 0 Å². The van der Waals surface area contributed by atoms with Crippen molar-refractivity contribution in [2.24, 2.45) is 0 Å². The van der Waals surface area contributed by atoms with Gasteiger partial charge in [-0.2, -0.15) is 0 Å². The summed E-state index contributed by atoms with van der Waals surface area (Å²) in [5.74, 6) is 0.135. The quantitative estimate of drug-likeness (QED) is 0.710. The van der Waals surface area contributed by atoms with Gasteiger partial charge in [0.1, 0.15) is 12.4 Å². The third-order valence-electron chi connectivity index (χ3n) is 4.90. The number of rotatable bonds is 4. The first kappa shape index (κ1) is 19.8. The van der Waals surface area contributed by atoms with Crippen LogP contribution in [0.2, 0.25) is 5.02 Å². The molecule has 0 aliphatic heterocycles. The van der Waals surface area contributed by atoms with Crippen molar-refractivity contribution in [2.45, 2.75) is 34.2 Å². The average molecular weight is 396 g/mol. The number of nitrogens with one attached hydrogen (secondary N) is 1. The Morgan fingerprint density at radius 1 is 1.07 bits per heavy atom. The lowest BCUT2D eigenvalue weighted by molar-refractivity contribution is -0.116. The molecule has 0 saturated heterocycles. The fourth-order valence-electron chi connectivity index (χ4n) is 2.97. The van der Waals surface area contributed by atoms with Gasteiger partial charge in [0, 0.05) is 27.5 Å². The van der Waals surface area contributed by atoms with Crippen LogP contribution in [-0.4, -0.2) is 15.5 Å². The van der Waals surface area contributed by atoms with Crippen LogP contribution in [0.5, 0.6) is 0 Å². The minimum Gasteiger partial charge on any atom is -0.324 e. The van der Waals surface area contributed by atoms with Gasteiger partial charge in [0.15, 0.2) is 0 Å². The molecule has 144 valence electrons. The van der Waals surface area contributed by atoms with E-state index >= 15 is 0 Å². The lowest BCUT2D eigenvalue weighted by Crippen LogP contribution is -2.31. The molecule has 0 unspecified atom stereocenters. The number of halogens is 1. The van der Waals surface area contributed by atoms with E-state index in [9.17, 15) is 9.59 Å². The molecule has 0 bridgehead atoms. The van der Waals surface area contributed by atoms with Crippen LogP contribution in [0.25, 0.3) is 11.4 Å². The predicted molar refractivity (Wildman–Crippen MR) is 113 cm³/mol. The SMILES string of the molecule is Cc1cccc(NC(=O)Cn2c(-c3cccc(Cl)c3)nc(C)c(C)c2=O)c1C. The maximum atomic E-state index is 12.9. The van der Waals surface area contributed by atoms with Gasteiger partial charge in [-0.1, -0.05) is 35.9 Å². The van der Waals surface area contributed by atoms with Gasteiger partial charge in [0.25, 0.3) is 5.56 Å². The van der Waals surface area contributed by atoms with Gasteiger partial charge < -0.3 is 5.32 Å². The average Bonchev–Trinajstić information content (AvgIpc) is 2.66. The highest BCUT2D eigenvalue weighted by atomic mass is 35.5. The number of benzene rings is 2. The number of aryl methyl sites for hydroxylation is 2. The molecular formula is C22H22ClN3O2. The van der Waals surface area contributed by atoms with Crippen LogP contribution in [0.3, 0.4) is 0 Å². The van der Waals surface area contributed by atoms with Gasteiger partial charge in [-0.3, -0.25) is 14.2 Å². The zero-order valence-electron chi connectivity index (χ0n) is 16.3. The number of amides is 1. The van der Waals surface area contributed by atoms with Crippen molar-refractivity contribution < 1.29 is 4.79 Å². The van der Waals surface area contributed by atoms with Crippen LogP contribution < -0.4 is 10.9 Å². The van der Waals surface area contributed by atoms with Gasteiger partial charge in [0.2, 0.25) is 5.91 Å². The first-order valence-corrected chi connectivity index (χ1v) is 9.35. The van der Waals surface area contributed by atoms with E-state index in [-0.39, 0.29) is 18.0 Å². The van der Waals surface area contributed by atoms with Crippen molar-refractivity contribution in [3.63, 3.8) is 0 Å². The maximum Gasteiger partial charge on any atom is 0.257 e. The topological polar surface area (TPSA) is 64.0 Å². The van der Waals surface area contributed by atoms with E-state index in [1.807, 2.05) is 38.1 Å². The van der Waals surface area contributed by atoms with Crippen LogP contribution in [0, 0.1) is 27.7 Å². The second kappa shape index (κ2) is 7.98. The van der Waals surface area contributed by atoms with Crippen LogP contribution >= 0.6 is 11.6 Å². The lowest BCUT2D eigenvalue weighted by atomic mass is 10.1. The Balaban J connectivity index is 2.01. The van der Waals surface area contributed by atoms with Crippen LogP contribution in [0.15, 0.2) is 47.3 Å². The molecule has 0 radical (unpaired) electrons. The molecule has 0 fully saturated rings. The number of aromatic nitrogens is 2. The Morgan fingerprint density at radius 3 is 2.50 bits per heavy atom. The molecule has 1 heterocycles. The number of hydrogen-bond donors (Lipinski definition) is 1. The van der Waals surface area contributed by atoms with Gasteiger partial charge in [-0.05, 0) is 57.0 Å². The number of anilines is 1. The van der Waals surface area contributed by atoms with E-state index in [1.54, 1.807) is 32.0 Å². The summed E-state index contributed by atoms with van der Waals surface area (Å²) < 4.78 is 1.40. The number of carbonyl (C=O) groups excluding carboxylic acids is 1. The maximum absolute atomic E-state index is 12.9. The minimum absolute atomic E-state index is 0.137. The normalized spacial score (nSPS) is 10.8. The molecule has 1 N–H and O–H groups in total. The van der Waals surface area contributed by atoms with Crippen molar-refractivity contribution >= 4 is 23.2 Å². The Kier molecular flexibility index (Phi) is 5.66. The summed E-state index contributed by atoms with van der Waals surface area (Å²) in [6.45, 7) is 7.30. The van der Waals surface area contributed by atoms with Gasteiger partial charge in [-0.25, -0.2) is 4.98 Å². The molecule has 2 aromatic carbocycles. The third kappa shape index (κ3) is 3.99. The standard InChI is InChI=1S/C22H22ClN3O2/c1-13-7-5-10-19(14(13)2)25-20(27)12-26-21(17-8-6-9-18(23)11-17)24-16(4)15(3)22(26)28/h5-11H,12H2,1-4H3,(H,25,27). The Hall–Kier alpha value is -2.92. The fourth-order valence-corrected chi connectivity index (χ4v) is 3.16. The van der Waals surface area contributed by atoms with E-state index in [0.717, 1.165) is 16.8 Å². The summed E-state index contributed by atoms with van der Waals surface area (Å²) in [4.78, 5) is 30.2. The van der Waals surface area contributed by atoms with Crippen molar-refractivity contribution in [1.29, 1.82) is 0 Å². The molecule has 3 aromatic rings. The largest absolute Gasteiger partial charge is 0.324 e. The highest BCUT2D eigenvalue weighted by molar-refractivity contribution is 6.30. The zero-order valence-corrected chi connectivity index (χ0v) is 17.1. The lowest BCUT2D eigenvalue weighted by Gasteiger charge is -2.16. The van der Waals surface area contributed by atoms with E-state index in [2.05, 4.69) is 10.3 Å². The number of hydrogen-bond acceptors (Lipinski definition) is 3. The van der Waals surface area contributed by atoms with Crippen molar-refractivity contribution in [3.8, 4) is 11.4 Å². The molecule has 1 amide bonds. The molecule has 0 aliphatic carbocycles. The molecule has 0 aliphatic rings. The summed E-state index contributed by atoms with van der Waals surface area (Å²) in [6.07, 6.45) is 0. The first-order chi connectivity index (χ1) is 13.3. The minimum atomic E-state index is -0.288. The van der Waals surface area contributed by atoms with E-state index in [0.29, 0.717) is 27.7 Å². The van der Waals surface area contributed by atoms with Gasteiger partial charge >= 0.3 is 0 Å². The van der Waals surface area contributed by atoms with Crippen LogP contribution in [-0.2, 0) is 11.3 Å². The molecule has 1 aromatic heterocycles. The zero-order chi connectivity index (χ0) is 20.4. The molecule has 5 nitrogen and oxygen atoms in total. The summed E-state index contributed by atoms with van der Waals surface area (Å²) in [5.41, 5.74) is 4.42. The smallest absolute Gasteiger partial charge is 0.257 e. The fraction of sp³-hybridized carbons (Fsp3) is 0.227. The summed E-state index contributed by atoms with van der Waals surface area (Å²) in [6, 6.07) is 12.8. The Bertz CT molecular complexity index is 1120. The highest BCUT2D eigenvalue weighted by Crippen LogP contribution is 2.22. The van der Waals surface area contributed by atoms with E-state index in [1.165, 1.54) is 4.57 Å². The van der Waals surface area contributed by atoms with Crippen molar-refractivity contribution in [2.75, 3.05) is 5.32 Å². The van der Waals surface area contributed by atoms with E-state index in [4.69, 9.17) is 11.6 Å². The molecule has 3 rings (SSSR count). The van der Waals surface area contributed by atoms with Crippen LogP contribution in [0.1, 0.15) is 22.4 Å². The van der Waals surface area contributed by atoms with Crippen LogP contribution in [0.4, 0.5) is 5.69 Å². The Labute approximate surface area is 169 Å². The number of nitrogens with zero attached hydrogens (tertiary/aromatic N) is 2. The van der Waals surface area contributed by atoms with E-state index < -0.39 is 0 Å². The second-order valence-corrected chi connectivity index (χ2v) is 7.28. The molecule has 0 spiro atoms. The second-order valence-electron chi connectivity index (χ2n) is 6.84. The van der Waals surface area contributed by atoms with Crippen molar-refractivity contribution in [1.82, 2.24) is 9.55 Å². The molecule has 28 heavy (non-hydrogen) atoms. The van der Waals surface area contributed by atoms with Crippen molar-refractivity contribution in [3.05, 3.63) is 80.2 Å². The predicted octanol–water partition coefficient (Wildman–Crippen LogP) is 4.44. The first-order valence-electron chi connectivity index (χ1n) is 8.98. The summed E-state index contributed by atoms with van der Waals surface area (Å²) in [5, 5.41) is 3.44. The summed E-state index contributed by atoms with van der Waals surface area (Å²) >= 11 is 6.11. The molecule has 0 saturated carbocycles. The summed E-state index contributed by atoms with van der Waals surface area (Å²) in [7, 11) is 0. The third-order valence-corrected chi connectivity index (χ3v) is 5.14. The monoisotopic (exact) mass is 395 g/mol.